The lowest BCUT2D eigenvalue weighted by molar-refractivity contribution is 0.0803. The molecule has 0 saturated carbocycles. The number of hydrogen-bond donors (Lipinski definition) is 1. The standard InChI is InChI=1S/C16H29N3O2/c1-7-9-10-19(6)16(4,5)12(3)17-15(20)14-11-13(8-2)21-18-14/h11-12H,7-10H2,1-6H3,(H,17,20). The molecule has 1 heterocycles. The van der Waals surface area contributed by atoms with Gasteiger partial charge in [-0.15, -0.1) is 0 Å². The molecule has 5 nitrogen and oxygen atoms in total. The number of aryl methyl sites for hydroxylation is 1. The summed E-state index contributed by atoms with van der Waals surface area (Å²) >= 11 is 0. The van der Waals surface area contributed by atoms with E-state index in [1.54, 1.807) is 6.07 Å². The predicted octanol–water partition coefficient (Wildman–Crippen LogP) is 2.87. The third-order valence-corrected chi connectivity index (χ3v) is 4.38. The maximum atomic E-state index is 12.2. The van der Waals surface area contributed by atoms with Crippen LogP contribution in [0.4, 0.5) is 0 Å². The van der Waals surface area contributed by atoms with Crippen LogP contribution in [-0.2, 0) is 6.42 Å². The number of aromatic nitrogens is 1. The van der Waals surface area contributed by atoms with Gasteiger partial charge in [0.25, 0.3) is 5.91 Å². The zero-order valence-corrected chi connectivity index (χ0v) is 14.2. The third-order valence-electron chi connectivity index (χ3n) is 4.38. The fourth-order valence-corrected chi connectivity index (χ4v) is 2.05. The highest BCUT2D eigenvalue weighted by Crippen LogP contribution is 2.18. The summed E-state index contributed by atoms with van der Waals surface area (Å²) < 4.78 is 5.08. The minimum absolute atomic E-state index is 0.00799. The summed E-state index contributed by atoms with van der Waals surface area (Å²) in [5.41, 5.74) is 0.230. The number of carbonyl (C=O) groups excluding carboxylic acids is 1. The van der Waals surface area contributed by atoms with Gasteiger partial charge in [0.1, 0.15) is 5.76 Å². The molecule has 1 amide bonds. The minimum atomic E-state index is -0.178. The Morgan fingerprint density at radius 2 is 2.14 bits per heavy atom. The SMILES string of the molecule is CCCCN(C)C(C)(C)C(C)NC(=O)c1cc(CC)on1. The molecule has 0 aliphatic carbocycles. The summed E-state index contributed by atoms with van der Waals surface area (Å²) in [6, 6.07) is 1.71. The molecule has 1 aromatic heterocycles. The van der Waals surface area contributed by atoms with Crippen LogP contribution < -0.4 is 5.32 Å². The van der Waals surface area contributed by atoms with Gasteiger partial charge < -0.3 is 9.84 Å². The quantitative estimate of drug-likeness (QED) is 0.801. The van der Waals surface area contributed by atoms with E-state index < -0.39 is 0 Å². The molecule has 1 N–H and O–H groups in total. The fourth-order valence-electron chi connectivity index (χ4n) is 2.05. The number of nitrogens with zero attached hydrogens (tertiary/aromatic N) is 2. The van der Waals surface area contributed by atoms with Gasteiger partial charge in [-0.05, 0) is 40.8 Å². The van der Waals surface area contributed by atoms with Crippen LogP contribution in [0.1, 0.15) is 63.7 Å². The average molecular weight is 295 g/mol. The summed E-state index contributed by atoms with van der Waals surface area (Å²) in [4.78, 5) is 14.5. The lowest BCUT2D eigenvalue weighted by Crippen LogP contribution is -2.56. The molecular weight excluding hydrogens is 266 g/mol. The first-order valence-electron chi connectivity index (χ1n) is 7.80. The second kappa shape index (κ2) is 7.59. The van der Waals surface area contributed by atoms with Crippen molar-refractivity contribution in [3.8, 4) is 0 Å². The topological polar surface area (TPSA) is 58.4 Å². The normalized spacial score (nSPS) is 13.5. The zero-order chi connectivity index (χ0) is 16.0. The van der Waals surface area contributed by atoms with Crippen molar-refractivity contribution in [3.05, 3.63) is 17.5 Å². The van der Waals surface area contributed by atoms with Gasteiger partial charge in [0.2, 0.25) is 0 Å². The Morgan fingerprint density at radius 3 is 2.67 bits per heavy atom. The van der Waals surface area contributed by atoms with Crippen molar-refractivity contribution in [1.82, 2.24) is 15.4 Å². The van der Waals surface area contributed by atoms with Crippen LogP contribution in [0.5, 0.6) is 0 Å². The Hall–Kier alpha value is -1.36. The summed E-state index contributed by atoms with van der Waals surface area (Å²) in [5, 5.41) is 6.84. The highest BCUT2D eigenvalue weighted by molar-refractivity contribution is 5.92. The van der Waals surface area contributed by atoms with E-state index in [0.717, 1.165) is 25.1 Å². The number of hydrogen-bond acceptors (Lipinski definition) is 4. The van der Waals surface area contributed by atoms with Crippen LogP contribution in [0.25, 0.3) is 0 Å². The van der Waals surface area contributed by atoms with Crippen molar-refractivity contribution in [3.63, 3.8) is 0 Å². The first kappa shape index (κ1) is 17.7. The number of rotatable bonds is 8. The van der Waals surface area contributed by atoms with Crippen LogP contribution >= 0.6 is 0 Å². The zero-order valence-electron chi connectivity index (χ0n) is 14.2. The van der Waals surface area contributed by atoms with Crippen LogP contribution in [0, 0.1) is 0 Å². The van der Waals surface area contributed by atoms with Crippen molar-refractivity contribution in [1.29, 1.82) is 0 Å². The first-order chi connectivity index (χ1) is 9.82. The fraction of sp³-hybridized carbons (Fsp3) is 0.750. The Kier molecular flexibility index (Phi) is 6.40. The molecule has 0 fully saturated rings. The number of unbranched alkanes of at least 4 members (excludes halogenated alkanes) is 1. The lowest BCUT2D eigenvalue weighted by atomic mass is 9.93. The summed E-state index contributed by atoms with van der Waals surface area (Å²) in [6.45, 7) is 11.5. The Bertz CT molecular complexity index is 454. The Morgan fingerprint density at radius 1 is 1.48 bits per heavy atom. The Balaban J connectivity index is 2.65. The van der Waals surface area contributed by atoms with Crippen molar-refractivity contribution in [2.75, 3.05) is 13.6 Å². The van der Waals surface area contributed by atoms with Crippen LogP contribution in [0.3, 0.4) is 0 Å². The average Bonchev–Trinajstić information content (AvgIpc) is 2.93. The molecule has 0 spiro atoms. The second-order valence-corrected chi connectivity index (χ2v) is 6.16. The van der Waals surface area contributed by atoms with E-state index in [9.17, 15) is 4.79 Å². The van der Waals surface area contributed by atoms with Gasteiger partial charge in [0.05, 0.1) is 0 Å². The summed E-state index contributed by atoms with van der Waals surface area (Å²) in [5.74, 6) is 0.551. The first-order valence-corrected chi connectivity index (χ1v) is 7.80. The van der Waals surface area contributed by atoms with Gasteiger partial charge in [0.15, 0.2) is 5.69 Å². The number of carbonyl (C=O) groups is 1. The molecule has 5 heteroatoms. The van der Waals surface area contributed by atoms with Gasteiger partial charge in [-0.3, -0.25) is 9.69 Å². The van der Waals surface area contributed by atoms with E-state index in [2.05, 4.69) is 43.2 Å². The van der Waals surface area contributed by atoms with Gasteiger partial charge in [0, 0.05) is 24.1 Å². The molecule has 1 atom stereocenters. The van der Waals surface area contributed by atoms with Gasteiger partial charge in [-0.2, -0.15) is 0 Å². The maximum absolute atomic E-state index is 12.2. The van der Waals surface area contributed by atoms with Crippen molar-refractivity contribution in [2.24, 2.45) is 0 Å². The molecule has 0 saturated heterocycles. The molecule has 0 bridgehead atoms. The van der Waals surface area contributed by atoms with E-state index in [4.69, 9.17) is 4.52 Å². The molecular formula is C16H29N3O2. The largest absolute Gasteiger partial charge is 0.361 e. The van der Waals surface area contributed by atoms with Gasteiger partial charge in [-0.25, -0.2) is 0 Å². The van der Waals surface area contributed by atoms with Crippen molar-refractivity contribution in [2.45, 2.75) is 65.5 Å². The van der Waals surface area contributed by atoms with Crippen molar-refractivity contribution >= 4 is 5.91 Å². The third kappa shape index (κ3) is 4.56. The molecule has 1 unspecified atom stereocenters. The van der Waals surface area contributed by atoms with Crippen LogP contribution in [0.2, 0.25) is 0 Å². The van der Waals surface area contributed by atoms with Gasteiger partial charge in [-0.1, -0.05) is 25.4 Å². The second-order valence-electron chi connectivity index (χ2n) is 6.16. The molecule has 1 rings (SSSR count). The minimum Gasteiger partial charge on any atom is -0.361 e. The number of nitrogens with one attached hydrogen (secondary N) is 1. The summed E-state index contributed by atoms with van der Waals surface area (Å²) in [6.07, 6.45) is 3.06. The molecule has 120 valence electrons. The highest BCUT2D eigenvalue weighted by Gasteiger charge is 2.31. The smallest absolute Gasteiger partial charge is 0.273 e. The molecule has 0 aliphatic heterocycles. The molecule has 0 radical (unpaired) electrons. The molecule has 21 heavy (non-hydrogen) atoms. The molecule has 0 aromatic carbocycles. The van der Waals surface area contributed by atoms with Crippen LogP contribution in [0.15, 0.2) is 10.6 Å². The van der Waals surface area contributed by atoms with Gasteiger partial charge >= 0.3 is 0 Å². The Labute approximate surface area is 128 Å². The van der Waals surface area contributed by atoms with E-state index in [0.29, 0.717) is 5.69 Å². The molecule has 0 aliphatic rings. The van der Waals surface area contributed by atoms with E-state index in [-0.39, 0.29) is 17.5 Å². The number of likely N-dealkylation sites (N-methyl/N-ethyl adjacent to an activating group) is 1. The predicted molar refractivity (Wildman–Crippen MR) is 84.4 cm³/mol. The van der Waals surface area contributed by atoms with E-state index in [1.165, 1.54) is 6.42 Å². The van der Waals surface area contributed by atoms with Crippen LogP contribution in [-0.4, -0.2) is 41.1 Å². The maximum Gasteiger partial charge on any atom is 0.273 e. The van der Waals surface area contributed by atoms with E-state index in [1.807, 2.05) is 13.8 Å². The molecule has 1 aromatic rings. The lowest BCUT2D eigenvalue weighted by Gasteiger charge is -2.40. The van der Waals surface area contributed by atoms with Crippen molar-refractivity contribution < 1.29 is 9.32 Å². The van der Waals surface area contributed by atoms with E-state index >= 15 is 0 Å². The summed E-state index contributed by atoms with van der Waals surface area (Å²) in [7, 11) is 2.10. The monoisotopic (exact) mass is 295 g/mol. The number of amides is 1. The highest BCUT2D eigenvalue weighted by atomic mass is 16.5.